The second kappa shape index (κ2) is 3.45. The fraction of sp³-hybridized carbons (Fsp3) is 0.111. The van der Waals surface area contributed by atoms with Crippen molar-refractivity contribution >= 4 is 12.9 Å². The summed E-state index contributed by atoms with van der Waals surface area (Å²) in [5, 5.41) is 0. The molecule has 0 aliphatic carbocycles. The summed E-state index contributed by atoms with van der Waals surface area (Å²) in [5.74, 6) is 0.240. The lowest BCUT2D eigenvalue weighted by Gasteiger charge is -2.16. The van der Waals surface area contributed by atoms with E-state index in [1.165, 1.54) is 25.4 Å². The van der Waals surface area contributed by atoms with E-state index >= 15 is 0 Å². The smallest absolute Gasteiger partial charge is 0.572 e. The van der Waals surface area contributed by atoms with Crippen molar-refractivity contribution in [3.05, 3.63) is 41.9 Å². The van der Waals surface area contributed by atoms with Gasteiger partial charge in [-0.15, -0.1) is 0 Å². The van der Waals surface area contributed by atoms with Gasteiger partial charge in [0.25, 0.3) is 5.78 Å². The maximum Gasteiger partial charge on any atom is 0.994 e. The van der Waals surface area contributed by atoms with E-state index in [1.54, 1.807) is 12.1 Å². The zero-order valence-electron chi connectivity index (χ0n) is 7.98. The Morgan fingerprint density at radius 3 is 2.60 bits per heavy atom. The van der Waals surface area contributed by atoms with Crippen LogP contribution in [0.1, 0.15) is 16.8 Å². The highest BCUT2D eigenvalue weighted by molar-refractivity contribution is 6.51. The highest BCUT2D eigenvalue weighted by atomic mass is 19.3. The number of allylic oxidation sites excluding steroid dienone is 2. The Hall–Kier alpha value is -1.72. The average Bonchev–Trinajstić information content (AvgIpc) is 2.16. The minimum absolute atomic E-state index is 0.103. The molecule has 3 nitrogen and oxygen atoms in total. The molecule has 1 aromatic rings. The summed E-state index contributed by atoms with van der Waals surface area (Å²) >= 11 is 0. The number of hydrogen-bond donors (Lipinski definition) is 0. The number of aromatic nitrogens is 1. The lowest BCUT2D eigenvalue weighted by molar-refractivity contribution is -0.189. The molecular formula is C9H8BF2NO2. The molecule has 0 unspecified atom stereocenters. The molecule has 0 N–H and O–H groups in total. The summed E-state index contributed by atoms with van der Waals surface area (Å²) in [6, 6.07) is 3.19. The van der Waals surface area contributed by atoms with Crippen LogP contribution in [0.4, 0.5) is 8.63 Å². The number of nitrogens with zero attached hydrogens (tertiary/aromatic N) is 1. The summed E-state index contributed by atoms with van der Waals surface area (Å²) in [6.45, 7) is 1.46. The Kier molecular flexibility index (Phi) is 2.26. The largest absolute Gasteiger partial charge is 0.994 e. The number of ketones is 1. The Morgan fingerprint density at radius 2 is 2.00 bits per heavy atom. The van der Waals surface area contributed by atoms with Crippen LogP contribution in [0.3, 0.4) is 0 Å². The van der Waals surface area contributed by atoms with E-state index in [0.29, 0.717) is 5.56 Å². The molecule has 0 fully saturated rings. The second-order valence-electron chi connectivity index (χ2n) is 3.13. The Labute approximate surface area is 85.2 Å². The van der Waals surface area contributed by atoms with Gasteiger partial charge >= 0.3 is 7.11 Å². The molecule has 15 heavy (non-hydrogen) atoms. The summed E-state index contributed by atoms with van der Waals surface area (Å²) < 4.78 is 34.6. The van der Waals surface area contributed by atoms with Gasteiger partial charge in [0.05, 0.1) is 17.4 Å². The van der Waals surface area contributed by atoms with Crippen molar-refractivity contribution in [3.8, 4) is 0 Å². The molecule has 0 saturated carbocycles. The first-order valence-electron chi connectivity index (χ1n) is 4.40. The lowest BCUT2D eigenvalue weighted by atomic mass is 10.1. The van der Waals surface area contributed by atoms with Crippen LogP contribution < -0.4 is 0 Å². The summed E-state index contributed by atoms with van der Waals surface area (Å²) in [6.07, 6.45) is 4.44. The van der Waals surface area contributed by atoms with Crippen LogP contribution in [0.25, 0.3) is 0 Å². The Bertz CT molecular complexity index is 431. The molecule has 1 aromatic heterocycles. The number of rotatable bonds is 1. The van der Waals surface area contributed by atoms with Gasteiger partial charge in [-0.3, -0.25) is 4.98 Å². The van der Waals surface area contributed by atoms with Gasteiger partial charge in [0.1, 0.15) is 0 Å². The van der Waals surface area contributed by atoms with Gasteiger partial charge in [-0.1, -0.05) is 0 Å². The first-order valence-corrected chi connectivity index (χ1v) is 4.40. The van der Waals surface area contributed by atoms with Crippen LogP contribution in [0.5, 0.6) is 0 Å². The third-order valence-electron chi connectivity index (χ3n) is 1.89. The van der Waals surface area contributed by atoms with Gasteiger partial charge in [-0.25, -0.2) is 0 Å². The number of halogens is 2. The van der Waals surface area contributed by atoms with Crippen LogP contribution in [-0.2, 0) is 4.65 Å². The van der Waals surface area contributed by atoms with Gasteiger partial charge in [0, 0.05) is 12.4 Å². The Morgan fingerprint density at radius 1 is 1.33 bits per heavy atom. The quantitative estimate of drug-likeness (QED) is 0.526. The minimum atomic E-state index is -4.24. The molecule has 78 valence electrons. The molecule has 1 aliphatic rings. The summed E-state index contributed by atoms with van der Waals surface area (Å²) in [5.41, 5.74) is 0.550. The van der Waals surface area contributed by atoms with Crippen molar-refractivity contribution in [1.82, 2.24) is 4.98 Å². The third kappa shape index (κ3) is 2.20. The van der Waals surface area contributed by atoms with E-state index in [-0.39, 0.29) is 11.5 Å². The van der Waals surface area contributed by atoms with Crippen molar-refractivity contribution in [2.24, 2.45) is 0 Å². The van der Waals surface area contributed by atoms with Gasteiger partial charge in [0.2, 0.25) is 0 Å². The molecule has 0 radical (unpaired) electrons. The van der Waals surface area contributed by atoms with Crippen LogP contribution in [-0.4, -0.2) is 17.9 Å². The van der Waals surface area contributed by atoms with Crippen molar-refractivity contribution in [1.29, 1.82) is 0 Å². The van der Waals surface area contributed by atoms with E-state index in [9.17, 15) is 8.63 Å². The molecule has 2 heterocycles. The van der Waals surface area contributed by atoms with Crippen LogP contribution in [0.2, 0.25) is 0 Å². The molecule has 0 bridgehead atoms. The number of hydrogen-bond acceptors (Lipinski definition) is 2. The zero-order valence-corrected chi connectivity index (χ0v) is 7.98. The first kappa shape index (κ1) is 9.83. The van der Waals surface area contributed by atoms with E-state index in [1.807, 2.05) is 0 Å². The summed E-state index contributed by atoms with van der Waals surface area (Å²) in [4.78, 5) is 3.79. The molecule has 2 rings (SSSR count). The standard InChI is InChI=1S/C9H8BF2NO2/c1-7-6-9(15-10(11,12)14-7)8-2-4-13-5-3-8/h2-6H,1H3. The molecule has 0 spiro atoms. The number of pyridine rings is 1. The molecule has 0 amide bonds. The molecule has 0 atom stereocenters. The predicted molar refractivity (Wildman–Crippen MR) is 51.4 cm³/mol. The fourth-order valence-electron chi connectivity index (χ4n) is 1.31. The predicted octanol–water partition coefficient (Wildman–Crippen LogP) is 2.11. The molecule has 0 saturated heterocycles. The lowest BCUT2D eigenvalue weighted by Crippen LogP contribution is -2.30. The van der Waals surface area contributed by atoms with Crippen molar-refractivity contribution in [3.63, 3.8) is 0 Å². The van der Waals surface area contributed by atoms with Crippen LogP contribution in [0.15, 0.2) is 36.4 Å². The number of carbonyl (C=O) groups excluding carboxylic acids is 1. The van der Waals surface area contributed by atoms with E-state index in [0.717, 1.165) is 0 Å². The van der Waals surface area contributed by atoms with Crippen molar-refractivity contribution < 1.29 is 17.6 Å². The van der Waals surface area contributed by atoms with Crippen molar-refractivity contribution in [2.45, 2.75) is 6.92 Å². The average molecular weight is 211 g/mol. The topological polar surface area (TPSA) is 33.4 Å². The fourth-order valence-corrected chi connectivity index (χ4v) is 1.31. The van der Waals surface area contributed by atoms with E-state index in [4.69, 9.17) is 0 Å². The van der Waals surface area contributed by atoms with Gasteiger partial charge in [-0.2, -0.15) is 0 Å². The maximum absolute atomic E-state index is 12.9. The molecule has 0 aromatic carbocycles. The molecular weight excluding hydrogens is 203 g/mol. The highest BCUT2D eigenvalue weighted by Gasteiger charge is 2.52. The summed E-state index contributed by atoms with van der Waals surface area (Å²) in [7, 11) is -4.24. The van der Waals surface area contributed by atoms with Crippen LogP contribution in [0, 0.1) is 0 Å². The zero-order chi connectivity index (χ0) is 10.9. The maximum atomic E-state index is 12.9. The second-order valence-corrected chi connectivity index (χ2v) is 3.13. The van der Waals surface area contributed by atoms with Crippen LogP contribution >= 0.6 is 0 Å². The van der Waals surface area contributed by atoms with Crippen molar-refractivity contribution in [2.75, 3.05) is 0 Å². The normalized spacial score (nSPS) is 18.9. The third-order valence-corrected chi connectivity index (χ3v) is 1.89. The molecule has 6 heteroatoms. The Balaban J connectivity index is 2.42. The minimum Gasteiger partial charge on any atom is -0.572 e. The van der Waals surface area contributed by atoms with Gasteiger partial charge in [0.15, 0.2) is 0 Å². The molecule has 1 aliphatic heterocycles. The first-order chi connectivity index (χ1) is 7.07. The monoisotopic (exact) mass is 211 g/mol. The highest BCUT2D eigenvalue weighted by Crippen LogP contribution is 2.21. The SMILES string of the molecule is CC1=CC(c2ccncc2)=[O+][B-](F)(F)O1. The van der Waals surface area contributed by atoms with Gasteiger partial charge in [-0.05, 0) is 19.1 Å². The van der Waals surface area contributed by atoms with E-state index in [2.05, 4.69) is 14.0 Å². The van der Waals surface area contributed by atoms with E-state index < -0.39 is 7.11 Å². The van der Waals surface area contributed by atoms with Gasteiger partial charge < -0.3 is 17.6 Å².